The molecule has 27 heavy (non-hydrogen) atoms. The van der Waals surface area contributed by atoms with Gasteiger partial charge in [-0.25, -0.2) is 0 Å². The van der Waals surface area contributed by atoms with Gasteiger partial charge in [0, 0.05) is 43.7 Å². The maximum Gasteiger partial charge on any atom is 0.191 e. The van der Waals surface area contributed by atoms with Gasteiger partial charge < -0.3 is 10.6 Å². The number of guanidine groups is 1. The van der Waals surface area contributed by atoms with Gasteiger partial charge >= 0.3 is 0 Å². The topological polar surface area (TPSA) is 39.7 Å². The highest BCUT2D eigenvalue weighted by atomic mass is 127. The average molecular weight is 543 g/mol. The Balaban J connectivity index is 0.00000261. The van der Waals surface area contributed by atoms with E-state index >= 15 is 0 Å². The maximum absolute atomic E-state index is 4.38. The van der Waals surface area contributed by atoms with E-state index in [1.54, 1.807) is 0 Å². The van der Waals surface area contributed by atoms with Crippen molar-refractivity contribution in [1.82, 2.24) is 15.5 Å². The molecule has 6 heteroatoms. The first kappa shape index (κ1) is 22.2. The molecule has 1 aliphatic heterocycles. The smallest absolute Gasteiger partial charge is 0.191 e. The minimum atomic E-state index is 0. The summed E-state index contributed by atoms with van der Waals surface area (Å²) in [7, 11) is 1.83. The Morgan fingerprint density at radius 1 is 1.07 bits per heavy atom. The molecule has 1 saturated heterocycles. The molecule has 3 rings (SSSR count). The molecule has 0 atom stereocenters. The Morgan fingerprint density at radius 3 is 2.44 bits per heavy atom. The number of nitrogens with zero attached hydrogens (tertiary/aromatic N) is 2. The Morgan fingerprint density at radius 2 is 1.78 bits per heavy atom. The van der Waals surface area contributed by atoms with E-state index in [0.29, 0.717) is 6.04 Å². The summed E-state index contributed by atoms with van der Waals surface area (Å²) >= 11 is 3.52. The molecule has 2 aromatic rings. The van der Waals surface area contributed by atoms with Crippen LogP contribution < -0.4 is 10.6 Å². The normalized spacial score (nSPS) is 15.9. The lowest BCUT2D eigenvalue weighted by Gasteiger charge is -2.33. The molecule has 1 fully saturated rings. The van der Waals surface area contributed by atoms with Crippen LogP contribution >= 0.6 is 39.9 Å². The van der Waals surface area contributed by atoms with Crippen LogP contribution in [0.2, 0.25) is 0 Å². The molecule has 2 N–H and O–H groups in total. The number of hydrogen-bond acceptors (Lipinski definition) is 2. The van der Waals surface area contributed by atoms with E-state index in [2.05, 4.69) is 85.0 Å². The molecule has 4 nitrogen and oxygen atoms in total. The maximum atomic E-state index is 4.38. The van der Waals surface area contributed by atoms with Gasteiger partial charge in [-0.05, 0) is 36.1 Å². The van der Waals surface area contributed by atoms with Gasteiger partial charge in [-0.15, -0.1) is 24.0 Å². The van der Waals surface area contributed by atoms with E-state index in [1.807, 2.05) is 13.1 Å². The number of benzene rings is 2. The second-order valence-corrected chi connectivity index (χ2v) is 7.65. The predicted molar refractivity (Wildman–Crippen MR) is 128 cm³/mol. The fourth-order valence-electron chi connectivity index (χ4n) is 3.30. The number of halogens is 2. The number of nitrogens with one attached hydrogen (secondary N) is 2. The Kier molecular flexibility index (Phi) is 9.58. The largest absolute Gasteiger partial charge is 0.354 e. The molecule has 0 aromatic heterocycles. The van der Waals surface area contributed by atoms with E-state index in [9.17, 15) is 0 Å². The molecule has 0 amide bonds. The SMILES string of the molecule is CN=C(NCc1cccc(Br)c1)NC1CCN(Cc2ccccc2)CC1.I. The highest BCUT2D eigenvalue weighted by molar-refractivity contribution is 14.0. The van der Waals surface area contributed by atoms with Gasteiger partial charge in [0.25, 0.3) is 0 Å². The number of rotatable bonds is 5. The number of piperidine rings is 1. The lowest BCUT2D eigenvalue weighted by molar-refractivity contribution is 0.198. The first-order chi connectivity index (χ1) is 12.7. The zero-order valence-electron chi connectivity index (χ0n) is 15.7. The van der Waals surface area contributed by atoms with E-state index in [1.165, 1.54) is 11.1 Å². The van der Waals surface area contributed by atoms with Crippen molar-refractivity contribution in [2.75, 3.05) is 20.1 Å². The number of aliphatic imine (C=N–C) groups is 1. The summed E-state index contributed by atoms with van der Waals surface area (Å²) < 4.78 is 1.10. The summed E-state index contributed by atoms with van der Waals surface area (Å²) in [5, 5.41) is 6.99. The van der Waals surface area contributed by atoms with Crippen molar-refractivity contribution in [2.24, 2.45) is 4.99 Å². The molecule has 1 aliphatic rings. The van der Waals surface area contributed by atoms with Crippen molar-refractivity contribution in [3.63, 3.8) is 0 Å². The highest BCUT2D eigenvalue weighted by Gasteiger charge is 2.19. The van der Waals surface area contributed by atoms with Crippen molar-refractivity contribution in [2.45, 2.75) is 32.0 Å². The van der Waals surface area contributed by atoms with Crippen LogP contribution in [0.15, 0.2) is 64.1 Å². The predicted octanol–water partition coefficient (Wildman–Crippen LogP) is 4.40. The molecular weight excluding hydrogens is 515 g/mol. The second kappa shape index (κ2) is 11.7. The average Bonchev–Trinajstić information content (AvgIpc) is 2.67. The molecule has 0 aliphatic carbocycles. The molecule has 0 bridgehead atoms. The molecule has 1 heterocycles. The third kappa shape index (κ3) is 7.43. The summed E-state index contributed by atoms with van der Waals surface area (Å²) in [6.07, 6.45) is 2.29. The summed E-state index contributed by atoms with van der Waals surface area (Å²) in [4.78, 5) is 6.91. The van der Waals surface area contributed by atoms with E-state index < -0.39 is 0 Å². The quantitative estimate of drug-likeness (QED) is 0.334. The fraction of sp³-hybridized carbons (Fsp3) is 0.381. The lowest BCUT2D eigenvalue weighted by Crippen LogP contribution is -2.48. The highest BCUT2D eigenvalue weighted by Crippen LogP contribution is 2.14. The van der Waals surface area contributed by atoms with Crippen molar-refractivity contribution in [3.8, 4) is 0 Å². The monoisotopic (exact) mass is 542 g/mol. The molecule has 0 saturated carbocycles. The van der Waals surface area contributed by atoms with E-state index in [0.717, 1.165) is 49.5 Å². The summed E-state index contributed by atoms with van der Waals surface area (Å²) in [5.74, 6) is 0.881. The van der Waals surface area contributed by atoms with Gasteiger partial charge in [-0.2, -0.15) is 0 Å². The van der Waals surface area contributed by atoms with Gasteiger partial charge in [-0.3, -0.25) is 9.89 Å². The minimum Gasteiger partial charge on any atom is -0.354 e. The number of hydrogen-bond donors (Lipinski definition) is 2. The molecule has 0 radical (unpaired) electrons. The third-order valence-electron chi connectivity index (χ3n) is 4.75. The molecular formula is C21H28BrIN4. The Labute approximate surface area is 188 Å². The van der Waals surface area contributed by atoms with E-state index in [-0.39, 0.29) is 24.0 Å². The van der Waals surface area contributed by atoms with Crippen LogP contribution in [-0.2, 0) is 13.1 Å². The van der Waals surface area contributed by atoms with Crippen LogP contribution in [0.4, 0.5) is 0 Å². The van der Waals surface area contributed by atoms with Crippen LogP contribution in [0.25, 0.3) is 0 Å². The van der Waals surface area contributed by atoms with Crippen LogP contribution in [0, 0.1) is 0 Å². The van der Waals surface area contributed by atoms with Crippen molar-refractivity contribution in [3.05, 3.63) is 70.2 Å². The van der Waals surface area contributed by atoms with Gasteiger partial charge in [0.05, 0.1) is 0 Å². The number of likely N-dealkylation sites (tertiary alicyclic amines) is 1. The van der Waals surface area contributed by atoms with Gasteiger partial charge in [-0.1, -0.05) is 58.4 Å². The molecule has 0 spiro atoms. The summed E-state index contributed by atoms with van der Waals surface area (Å²) in [6, 6.07) is 19.5. The second-order valence-electron chi connectivity index (χ2n) is 6.74. The summed E-state index contributed by atoms with van der Waals surface area (Å²) in [5.41, 5.74) is 2.63. The minimum absolute atomic E-state index is 0. The first-order valence-electron chi connectivity index (χ1n) is 9.21. The zero-order chi connectivity index (χ0) is 18.2. The molecule has 2 aromatic carbocycles. The van der Waals surface area contributed by atoms with Gasteiger partial charge in [0.15, 0.2) is 5.96 Å². The standard InChI is InChI=1S/C21H27BrN4.HI/c1-23-21(24-15-18-8-5-9-19(22)14-18)25-20-10-12-26(13-11-20)16-17-6-3-2-4-7-17;/h2-9,14,20H,10-13,15-16H2,1H3,(H2,23,24,25);1H. The van der Waals surface area contributed by atoms with Crippen molar-refractivity contribution >= 4 is 45.9 Å². The molecule has 0 unspecified atom stereocenters. The first-order valence-corrected chi connectivity index (χ1v) is 10.00. The van der Waals surface area contributed by atoms with Crippen LogP contribution in [0.3, 0.4) is 0 Å². The Hall–Kier alpha value is -1.12. The Bertz CT molecular complexity index is 715. The van der Waals surface area contributed by atoms with E-state index in [4.69, 9.17) is 0 Å². The molecule has 146 valence electrons. The summed E-state index contributed by atoms with van der Waals surface area (Å²) in [6.45, 7) is 4.06. The lowest BCUT2D eigenvalue weighted by atomic mass is 10.0. The van der Waals surface area contributed by atoms with Crippen molar-refractivity contribution < 1.29 is 0 Å². The van der Waals surface area contributed by atoms with Gasteiger partial charge in [0.2, 0.25) is 0 Å². The fourth-order valence-corrected chi connectivity index (χ4v) is 3.74. The van der Waals surface area contributed by atoms with Crippen molar-refractivity contribution in [1.29, 1.82) is 0 Å². The van der Waals surface area contributed by atoms with Crippen LogP contribution in [0.1, 0.15) is 24.0 Å². The third-order valence-corrected chi connectivity index (χ3v) is 5.24. The zero-order valence-corrected chi connectivity index (χ0v) is 19.6. The van der Waals surface area contributed by atoms with Crippen LogP contribution in [0.5, 0.6) is 0 Å². The van der Waals surface area contributed by atoms with Crippen LogP contribution in [-0.4, -0.2) is 37.0 Å². The van der Waals surface area contributed by atoms with Gasteiger partial charge in [0.1, 0.15) is 0 Å².